The SMILES string of the molecule is C=CC(=O)NCC(CNC(=O)C(=C)CC)C(=O)Nc1cc(C[C@H](N)CC(C)C(=O)O)ccc1O. The van der Waals surface area contributed by atoms with Gasteiger partial charge in [0.25, 0.3) is 0 Å². The third-order valence-corrected chi connectivity index (χ3v) is 5.23. The summed E-state index contributed by atoms with van der Waals surface area (Å²) in [5, 5.41) is 27.0. The molecule has 0 heterocycles. The molecule has 7 N–H and O–H groups in total. The molecular weight excluding hydrogens is 440 g/mol. The summed E-state index contributed by atoms with van der Waals surface area (Å²) in [6.07, 6.45) is 2.13. The van der Waals surface area contributed by atoms with Crippen LogP contribution in [0.25, 0.3) is 0 Å². The van der Waals surface area contributed by atoms with E-state index in [4.69, 9.17) is 10.8 Å². The molecule has 0 aliphatic carbocycles. The van der Waals surface area contributed by atoms with E-state index in [2.05, 4.69) is 29.1 Å². The van der Waals surface area contributed by atoms with E-state index < -0.39 is 41.6 Å². The predicted molar refractivity (Wildman–Crippen MR) is 129 cm³/mol. The van der Waals surface area contributed by atoms with E-state index >= 15 is 0 Å². The first kappa shape index (κ1) is 28.4. The van der Waals surface area contributed by atoms with Gasteiger partial charge in [0.05, 0.1) is 17.5 Å². The second-order valence-corrected chi connectivity index (χ2v) is 8.09. The van der Waals surface area contributed by atoms with Crippen LogP contribution >= 0.6 is 0 Å². The molecule has 186 valence electrons. The number of carbonyl (C=O) groups excluding carboxylic acids is 3. The molecular formula is C24H34N4O6. The molecule has 34 heavy (non-hydrogen) atoms. The summed E-state index contributed by atoms with van der Waals surface area (Å²) >= 11 is 0. The summed E-state index contributed by atoms with van der Waals surface area (Å²) < 4.78 is 0. The molecule has 0 saturated carbocycles. The third-order valence-electron chi connectivity index (χ3n) is 5.23. The maximum atomic E-state index is 12.9. The largest absolute Gasteiger partial charge is 0.506 e. The first-order chi connectivity index (χ1) is 16.0. The van der Waals surface area contributed by atoms with Crippen LogP contribution in [-0.2, 0) is 25.6 Å². The van der Waals surface area contributed by atoms with Crippen molar-refractivity contribution in [3.05, 3.63) is 48.6 Å². The van der Waals surface area contributed by atoms with Crippen molar-refractivity contribution in [2.45, 2.75) is 39.2 Å². The molecule has 2 unspecified atom stereocenters. The fraction of sp³-hybridized carbons (Fsp3) is 0.417. The number of rotatable bonds is 14. The van der Waals surface area contributed by atoms with Crippen LogP contribution in [0.15, 0.2) is 43.0 Å². The van der Waals surface area contributed by atoms with Gasteiger partial charge in [-0.25, -0.2) is 0 Å². The Morgan fingerprint density at radius 2 is 1.82 bits per heavy atom. The minimum absolute atomic E-state index is 0.0699. The Bertz CT molecular complexity index is 930. The molecule has 0 bridgehead atoms. The summed E-state index contributed by atoms with van der Waals surface area (Å²) in [4.78, 5) is 47.5. The Hall–Kier alpha value is -3.66. The molecule has 0 saturated heterocycles. The van der Waals surface area contributed by atoms with Crippen molar-refractivity contribution in [1.29, 1.82) is 0 Å². The van der Waals surface area contributed by atoms with E-state index in [1.807, 2.05) is 0 Å². The second kappa shape index (κ2) is 13.8. The van der Waals surface area contributed by atoms with Crippen LogP contribution in [0, 0.1) is 11.8 Å². The summed E-state index contributed by atoms with van der Waals surface area (Å²) in [5.74, 6) is -3.97. The number of aliphatic carboxylic acids is 1. The lowest BCUT2D eigenvalue weighted by atomic mass is 9.96. The molecule has 10 heteroatoms. The van der Waals surface area contributed by atoms with Gasteiger partial charge < -0.3 is 31.9 Å². The molecule has 0 radical (unpaired) electrons. The van der Waals surface area contributed by atoms with Crippen LogP contribution in [0.4, 0.5) is 5.69 Å². The number of nitrogens with one attached hydrogen (secondary N) is 3. The van der Waals surface area contributed by atoms with Crippen molar-refractivity contribution >= 4 is 29.4 Å². The highest BCUT2D eigenvalue weighted by molar-refractivity contribution is 5.96. The number of anilines is 1. The van der Waals surface area contributed by atoms with Crippen LogP contribution in [0.3, 0.4) is 0 Å². The van der Waals surface area contributed by atoms with Gasteiger partial charge in [-0.05, 0) is 43.0 Å². The number of nitrogens with two attached hydrogens (primary N) is 1. The van der Waals surface area contributed by atoms with Crippen molar-refractivity contribution in [2.75, 3.05) is 18.4 Å². The van der Waals surface area contributed by atoms with Gasteiger partial charge in [0.2, 0.25) is 17.7 Å². The second-order valence-electron chi connectivity index (χ2n) is 8.09. The van der Waals surface area contributed by atoms with Gasteiger partial charge in [0.15, 0.2) is 0 Å². The zero-order chi connectivity index (χ0) is 25.8. The van der Waals surface area contributed by atoms with Gasteiger partial charge in [-0.1, -0.05) is 33.1 Å². The number of carboxylic acid groups (broad SMARTS) is 1. The molecule has 1 aromatic rings. The first-order valence-electron chi connectivity index (χ1n) is 11.0. The maximum Gasteiger partial charge on any atom is 0.306 e. The van der Waals surface area contributed by atoms with Crippen LogP contribution in [0.2, 0.25) is 0 Å². The lowest BCUT2D eigenvalue weighted by Crippen LogP contribution is -2.42. The van der Waals surface area contributed by atoms with Crippen LogP contribution in [-0.4, -0.2) is 53.0 Å². The fourth-order valence-electron chi connectivity index (χ4n) is 3.04. The quantitative estimate of drug-likeness (QED) is 0.174. The third kappa shape index (κ3) is 9.45. The molecule has 0 aromatic heterocycles. The van der Waals surface area contributed by atoms with Crippen LogP contribution in [0.1, 0.15) is 32.3 Å². The number of benzene rings is 1. The predicted octanol–water partition coefficient (Wildman–Crippen LogP) is 1.31. The summed E-state index contributed by atoms with van der Waals surface area (Å²) in [6, 6.07) is 4.16. The van der Waals surface area contributed by atoms with Gasteiger partial charge >= 0.3 is 5.97 Å². The average molecular weight is 475 g/mol. The summed E-state index contributed by atoms with van der Waals surface area (Å²) in [7, 11) is 0. The standard InChI is InChI=1S/C24H34N4O6/c1-5-14(3)22(31)27-13-17(12-26-21(30)6-2)23(32)28-19-11-16(7-8-20(19)29)10-18(25)9-15(4)24(33)34/h6-8,11,15,17-18,29H,2-3,5,9-10,12-13,25H2,1,4H3,(H,26,30)(H,27,31)(H,28,32)(H,33,34)/t15?,17?,18-/m1/s1. The molecule has 3 atom stereocenters. The first-order valence-corrected chi connectivity index (χ1v) is 11.0. The van der Waals surface area contributed by atoms with Crippen molar-refractivity contribution in [3.63, 3.8) is 0 Å². The number of amides is 3. The lowest BCUT2D eigenvalue weighted by Gasteiger charge is -2.19. The molecule has 1 rings (SSSR count). The van der Waals surface area contributed by atoms with Crippen molar-refractivity contribution < 1.29 is 29.4 Å². The topological polar surface area (TPSA) is 171 Å². The van der Waals surface area contributed by atoms with E-state index in [0.717, 1.165) is 6.08 Å². The highest BCUT2D eigenvalue weighted by Gasteiger charge is 2.22. The number of hydrogen-bond acceptors (Lipinski definition) is 6. The van der Waals surface area contributed by atoms with Gasteiger partial charge in [-0.15, -0.1) is 0 Å². The zero-order valence-corrected chi connectivity index (χ0v) is 19.6. The van der Waals surface area contributed by atoms with Crippen molar-refractivity contribution in [2.24, 2.45) is 17.6 Å². The van der Waals surface area contributed by atoms with Gasteiger partial charge in [0.1, 0.15) is 5.75 Å². The Kier molecular flexibility index (Phi) is 11.5. The number of carboxylic acids is 1. The molecule has 0 fully saturated rings. The number of aromatic hydroxyl groups is 1. The van der Waals surface area contributed by atoms with Crippen LogP contribution in [0.5, 0.6) is 5.75 Å². The lowest BCUT2D eigenvalue weighted by molar-refractivity contribution is -0.141. The van der Waals surface area contributed by atoms with E-state index in [1.54, 1.807) is 26.0 Å². The van der Waals surface area contributed by atoms with Crippen LogP contribution < -0.4 is 21.7 Å². The van der Waals surface area contributed by atoms with Crippen molar-refractivity contribution in [1.82, 2.24) is 10.6 Å². The Balaban J connectivity index is 2.94. The number of carbonyl (C=O) groups is 4. The van der Waals surface area contributed by atoms with Crippen molar-refractivity contribution in [3.8, 4) is 5.75 Å². The zero-order valence-electron chi connectivity index (χ0n) is 19.6. The summed E-state index contributed by atoms with van der Waals surface area (Å²) in [5.41, 5.74) is 7.24. The van der Waals surface area contributed by atoms with Gasteiger partial charge in [-0.2, -0.15) is 0 Å². The summed E-state index contributed by atoms with van der Waals surface area (Å²) in [6.45, 7) is 10.2. The minimum atomic E-state index is -0.932. The van der Waals surface area contributed by atoms with E-state index in [1.165, 1.54) is 6.07 Å². The highest BCUT2D eigenvalue weighted by atomic mass is 16.4. The average Bonchev–Trinajstić information content (AvgIpc) is 2.79. The normalized spacial score (nSPS) is 13.1. The molecule has 0 aliphatic heterocycles. The van der Waals surface area contributed by atoms with Gasteiger partial charge in [0, 0.05) is 24.7 Å². The van der Waals surface area contributed by atoms with E-state index in [-0.39, 0.29) is 30.9 Å². The minimum Gasteiger partial charge on any atom is -0.506 e. The molecule has 10 nitrogen and oxygen atoms in total. The molecule has 3 amide bonds. The number of phenolic OH excluding ortho intramolecular Hbond substituents is 1. The fourth-order valence-corrected chi connectivity index (χ4v) is 3.04. The van der Waals surface area contributed by atoms with E-state index in [9.17, 15) is 24.3 Å². The van der Waals surface area contributed by atoms with Gasteiger partial charge in [-0.3, -0.25) is 19.2 Å². The highest BCUT2D eigenvalue weighted by Crippen LogP contribution is 2.26. The number of hydrogen-bond donors (Lipinski definition) is 6. The molecule has 0 spiro atoms. The van der Waals surface area contributed by atoms with E-state index in [0.29, 0.717) is 24.0 Å². The maximum absolute atomic E-state index is 12.9. The molecule has 1 aromatic carbocycles. The Morgan fingerprint density at radius 1 is 1.18 bits per heavy atom. The Morgan fingerprint density at radius 3 is 2.41 bits per heavy atom. The molecule has 0 aliphatic rings. The smallest absolute Gasteiger partial charge is 0.306 e. The Labute approximate surface area is 199 Å². The number of phenols is 1. The monoisotopic (exact) mass is 474 g/mol.